The van der Waals surface area contributed by atoms with E-state index in [4.69, 9.17) is 4.74 Å². The van der Waals surface area contributed by atoms with Gasteiger partial charge in [-0.3, -0.25) is 4.79 Å². The number of carbonyl (C=O) groups excluding carboxylic acids is 1. The fourth-order valence-corrected chi connectivity index (χ4v) is 3.51. The lowest BCUT2D eigenvalue weighted by molar-refractivity contribution is -0.115. The van der Waals surface area contributed by atoms with Crippen molar-refractivity contribution >= 4 is 34.1 Å². The standard InChI is InChI=1S/C14H17N3O2S2/c1-4-20-14-17-16-13(21-14)15-12(18)8-10-5-6-11(19-3)9(2)7-10/h5-7H,4,8H2,1-3H3,(H,15,16,18). The summed E-state index contributed by atoms with van der Waals surface area (Å²) in [4.78, 5) is 12.0. The number of aromatic nitrogens is 2. The van der Waals surface area contributed by atoms with Crippen LogP contribution in [0, 0.1) is 6.92 Å². The van der Waals surface area contributed by atoms with Crippen molar-refractivity contribution in [1.29, 1.82) is 0 Å². The molecule has 112 valence electrons. The first-order valence-corrected chi connectivity index (χ1v) is 8.32. The van der Waals surface area contributed by atoms with Crippen LogP contribution >= 0.6 is 23.1 Å². The van der Waals surface area contributed by atoms with Crippen LogP contribution < -0.4 is 10.1 Å². The van der Waals surface area contributed by atoms with Gasteiger partial charge in [0.2, 0.25) is 11.0 Å². The van der Waals surface area contributed by atoms with E-state index in [-0.39, 0.29) is 5.91 Å². The zero-order chi connectivity index (χ0) is 15.2. The molecule has 0 radical (unpaired) electrons. The van der Waals surface area contributed by atoms with Gasteiger partial charge in [0.1, 0.15) is 5.75 Å². The van der Waals surface area contributed by atoms with E-state index >= 15 is 0 Å². The maximum absolute atomic E-state index is 12.0. The van der Waals surface area contributed by atoms with Crippen molar-refractivity contribution in [3.05, 3.63) is 29.3 Å². The van der Waals surface area contributed by atoms with Crippen LogP contribution in [0.3, 0.4) is 0 Å². The summed E-state index contributed by atoms with van der Waals surface area (Å²) >= 11 is 3.01. The highest BCUT2D eigenvalue weighted by Gasteiger charge is 2.10. The number of nitrogens with zero attached hydrogens (tertiary/aromatic N) is 2. The Morgan fingerprint density at radius 1 is 1.43 bits per heavy atom. The van der Waals surface area contributed by atoms with Gasteiger partial charge < -0.3 is 10.1 Å². The summed E-state index contributed by atoms with van der Waals surface area (Å²) in [5.74, 6) is 1.67. The van der Waals surface area contributed by atoms with Crippen molar-refractivity contribution in [3.63, 3.8) is 0 Å². The molecule has 0 saturated heterocycles. The van der Waals surface area contributed by atoms with Gasteiger partial charge in [-0.25, -0.2) is 0 Å². The van der Waals surface area contributed by atoms with Gasteiger partial charge in [0.15, 0.2) is 4.34 Å². The van der Waals surface area contributed by atoms with E-state index in [1.54, 1.807) is 18.9 Å². The predicted molar refractivity (Wildman–Crippen MR) is 86.4 cm³/mol. The molecule has 0 aliphatic carbocycles. The average Bonchev–Trinajstić information content (AvgIpc) is 2.86. The second-order valence-corrected chi connectivity index (χ2v) is 6.82. The molecule has 2 rings (SSSR count). The van der Waals surface area contributed by atoms with Crippen LogP contribution in [-0.4, -0.2) is 29.0 Å². The molecule has 2 aromatic rings. The number of amides is 1. The smallest absolute Gasteiger partial charge is 0.230 e. The largest absolute Gasteiger partial charge is 0.496 e. The molecule has 0 atom stereocenters. The number of hydrogen-bond donors (Lipinski definition) is 1. The number of thioether (sulfide) groups is 1. The van der Waals surface area contributed by atoms with Gasteiger partial charge in [-0.05, 0) is 29.9 Å². The highest BCUT2D eigenvalue weighted by atomic mass is 32.2. The lowest BCUT2D eigenvalue weighted by Gasteiger charge is -2.07. The topological polar surface area (TPSA) is 64.1 Å². The highest BCUT2D eigenvalue weighted by Crippen LogP contribution is 2.25. The van der Waals surface area contributed by atoms with Crippen molar-refractivity contribution in [2.75, 3.05) is 18.2 Å². The lowest BCUT2D eigenvalue weighted by atomic mass is 10.1. The SMILES string of the molecule is CCSc1nnc(NC(=O)Cc2ccc(OC)c(C)c2)s1. The maximum Gasteiger partial charge on any atom is 0.230 e. The average molecular weight is 323 g/mol. The lowest BCUT2D eigenvalue weighted by Crippen LogP contribution is -2.14. The van der Waals surface area contributed by atoms with Crippen LogP contribution in [0.15, 0.2) is 22.5 Å². The van der Waals surface area contributed by atoms with Crippen molar-refractivity contribution in [2.24, 2.45) is 0 Å². The van der Waals surface area contributed by atoms with Crippen LogP contribution in [0.2, 0.25) is 0 Å². The quantitative estimate of drug-likeness (QED) is 0.653. The first-order chi connectivity index (χ1) is 10.1. The van der Waals surface area contributed by atoms with E-state index in [1.807, 2.05) is 25.1 Å². The van der Waals surface area contributed by atoms with E-state index in [1.165, 1.54) is 11.3 Å². The molecule has 0 unspecified atom stereocenters. The number of nitrogens with one attached hydrogen (secondary N) is 1. The van der Waals surface area contributed by atoms with Gasteiger partial charge in [0, 0.05) is 0 Å². The van der Waals surface area contributed by atoms with Crippen molar-refractivity contribution in [1.82, 2.24) is 10.2 Å². The first kappa shape index (κ1) is 15.8. The fraction of sp³-hybridized carbons (Fsp3) is 0.357. The molecule has 5 nitrogen and oxygen atoms in total. The first-order valence-electron chi connectivity index (χ1n) is 6.52. The molecule has 0 aliphatic rings. The third-order valence-electron chi connectivity index (χ3n) is 2.74. The predicted octanol–water partition coefficient (Wildman–Crippen LogP) is 3.15. The minimum Gasteiger partial charge on any atom is -0.496 e. The van der Waals surface area contributed by atoms with Crippen LogP contribution in [0.25, 0.3) is 0 Å². The Labute approximate surface area is 132 Å². The summed E-state index contributed by atoms with van der Waals surface area (Å²) in [6.45, 7) is 4.01. The number of anilines is 1. The molecule has 0 bridgehead atoms. The molecule has 1 N–H and O–H groups in total. The molecule has 1 amide bonds. The van der Waals surface area contributed by atoms with Gasteiger partial charge in [-0.1, -0.05) is 42.2 Å². The molecule has 1 heterocycles. The molecule has 0 fully saturated rings. The van der Waals surface area contributed by atoms with E-state index in [0.717, 1.165) is 27.0 Å². The number of ether oxygens (including phenoxy) is 1. The summed E-state index contributed by atoms with van der Waals surface area (Å²) in [5.41, 5.74) is 1.96. The molecule has 0 saturated carbocycles. The summed E-state index contributed by atoms with van der Waals surface area (Å²) in [7, 11) is 1.63. The Hall–Kier alpha value is -1.60. The number of rotatable bonds is 6. The van der Waals surface area contributed by atoms with Crippen LogP contribution in [-0.2, 0) is 11.2 Å². The Morgan fingerprint density at radius 3 is 2.90 bits per heavy atom. The van der Waals surface area contributed by atoms with Gasteiger partial charge in [-0.2, -0.15) is 0 Å². The number of carbonyl (C=O) groups is 1. The zero-order valence-corrected chi connectivity index (χ0v) is 13.8. The molecule has 0 aliphatic heterocycles. The second kappa shape index (κ2) is 7.42. The molecular weight excluding hydrogens is 306 g/mol. The molecule has 21 heavy (non-hydrogen) atoms. The molecule has 0 spiro atoms. The summed E-state index contributed by atoms with van der Waals surface area (Å²) < 4.78 is 6.08. The number of benzene rings is 1. The maximum atomic E-state index is 12.0. The van der Waals surface area contributed by atoms with Gasteiger partial charge in [0.25, 0.3) is 0 Å². The van der Waals surface area contributed by atoms with Crippen LogP contribution in [0.4, 0.5) is 5.13 Å². The van der Waals surface area contributed by atoms with Crippen molar-refractivity contribution in [3.8, 4) is 5.75 Å². The minimum atomic E-state index is -0.0937. The Morgan fingerprint density at radius 2 is 2.24 bits per heavy atom. The zero-order valence-electron chi connectivity index (χ0n) is 12.2. The highest BCUT2D eigenvalue weighted by molar-refractivity contribution is 8.01. The minimum absolute atomic E-state index is 0.0937. The fourth-order valence-electron chi connectivity index (χ4n) is 1.84. The van der Waals surface area contributed by atoms with E-state index in [9.17, 15) is 4.79 Å². The van der Waals surface area contributed by atoms with Crippen LogP contribution in [0.5, 0.6) is 5.75 Å². The molecule has 1 aromatic heterocycles. The third-order valence-corrected chi connectivity index (χ3v) is 4.60. The number of hydrogen-bond acceptors (Lipinski definition) is 6. The number of methoxy groups -OCH3 is 1. The monoisotopic (exact) mass is 323 g/mol. The Balaban J connectivity index is 1.96. The van der Waals surface area contributed by atoms with Gasteiger partial charge >= 0.3 is 0 Å². The normalized spacial score (nSPS) is 10.4. The van der Waals surface area contributed by atoms with Crippen molar-refractivity contribution < 1.29 is 9.53 Å². The summed E-state index contributed by atoms with van der Waals surface area (Å²) in [6, 6.07) is 5.72. The van der Waals surface area contributed by atoms with E-state index in [0.29, 0.717) is 11.6 Å². The van der Waals surface area contributed by atoms with Gasteiger partial charge in [0.05, 0.1) is 13.5 Å². The third kappa shape index (κ3) is 4.44. The van der Waals surface area contributed by atoms with Crippen molar-refractivity contribution in [2.45, 2.75) is 24.6 Å². The van der Waals surface area contributed by atoms with Gasteiger partial charge in [-0.15, -0.1) is 10.2 Å². The van der Waals surface area contributed by atoms with E-state index in [2.05, 4.69) is 22.4 Å². The number of aryl methyl sites for hydroxylation is 1. The summed E-state index contributed by atoms with van der Waals surface area (Å²) in [6.07, 6.45) is 0.306. The molecule has 7 heteroatoms. The Bertz CT molecular complexity index is 628. The summed E-state index contributed by atoms with van der Waals surface area (Å²) in [5, 5.41) is 11.3. The second-order valence-electron chi connectivity index (χ2n) is 4.34. The molecule has 1 aromatic carbocycles. The van der Waals surface area contributed by atoms with Crippen LogP contribution in [0.1, 0.15) is 18.1 Å². The Kier molecular flexibility index (Phi) is 5.58. The van der Waals surface area contributed by atoms with E-state index < -0.39 is 0 Å². The molecular formula is C14H17N3O2S2.